The Morgan fingerprint density at radius 3 is 2.88 bits per heavy atom. The number of nitrogens with zero attached hydrogens (tertiary/aromatic N) is 2. The SMILES string of the molecule is COc1ccc(Cl)cc1NC(=O)N1CCCO[C@H](CN2CCOCC2)C1. The van der Waals surface area contributed by atoms with E-state index in [4.69, 9.17) is 25.8 Å². The number of benzene rings is 1. The predicted molar refractivity (Wildman–Crippen MR) is 100 cm³/mol. The summed E-state index contributed by atoms with van der Waals surface area (Å²) in [6.07, 6.45) is 0.822. The Morgan fingerprint density at radius 2 is 2.12 bits per heavy atom. The Labute approximate surface area is 159 Å². The molecule has 0 spiro atoms. The molecule has 2 aliphatic rings. The first kappa shape index (κ1) is 19.2. The second-order valence-corrected chi connectivity index (χ2v) is 6.92. The van der Waals surface area contributed by atoms with E-state index in [0.29, 0.717) is 36.2 Å². The van der Waals surface area contributed by atoms with Gasteiger partial charge < -0.3 is 24.4 Å². The largest absolute Gasteiger partial charge is 0.495 e. The maximum absolute atomic E-state index is 12.8. The molecule has 3 rings (SSSR count). The summed E-state index contributed by atoms with van der Waals surface area (Å²) in [7, 11) is 1.57. The standard InChI is InChI=1S/C18H26ClN3O4/c1-24-17-4-3-14(19)11-16(17)20-18(23)22-5-2-8-26-15(13-22)12-21-6-9-25-10-7-21/h3-4,11,15H,2,5-10,12-13H2,1H3,(H,20,23)/t15-/m1/s1. The Balaban J connectivity index is 1.61. The number of hydrogen-bond acceptors (Lipinski definition) is 5. The van der Waals surface area contributed by atoms with E-state index >= 15 is 0 Å². The molecule has 1 aromatic rings. The quantitative estimate of drug-likeness (QED) is 0.864. The molecule has 1 N–H and O–H groups in total. The van der Waals surface area contributed by atoms with E-state index in [0.717, 1.165) is 39.3 Å². The van der Waals surface area contributed by atoms with Gasteiger partial charge in [-0.05, 0) is 24.6 Å². The third-order valence-electron chi connectivity index (χ3n) is 4.61. The number of urea groups is 1. The van der Waals surface area contributed by atoms with Crippen LogP contribution in [0.5, 0.6) is 5.75 Å². The van der Waals surface area contributed by atoms with Crippen LogP contribution >= 0.6 is 11.6 Å². The van der Waals surface area contributed by atoms with Crippen LogP contribution in [0.3, 0.4) is 0 Å². The number of methoxy groups -OCH3 is 1. The minimum Gasteiger partial charge on any atom is -0.495 e. The second-order valence-electron chi connectivity index (χ2n) is 6.48. The molecular weight excluding hydrogens is 358 g/mol. The van der Waals surface area contributed by atoms with E-state index in [1.54, 1.807) is 30.2 Å². The van der Waals surface area contributed by atoms with Crippen molar-refractivity contribution in [2.75, 3.05) is 65.0 Å². The average Bonchev–Trinajstić information content (AvgIpc) is 2.88. The Bertz CT molecular complexity index is 610. The van der Waals surface area contributed by atoms with Crippen molar-refractivity contribution in [1.29, 1.82) is 0 Å². The Kier molecular flexibility index (Phi) is 6.96. The molecule has 8 heteroatoms. The van der Waals surface area contributed by atoms with Crippen molar-refractivity contribution >= 4 is 23.3 Å². The summed E-state index contributed by atoms with van der Waals surface area (Å²) in [5.74, 6) is 0.582. The number of anilines is 1. The minimum absolute atomic E-state index is 0.00241. The molecule has 2 saturated heterocycles. The fourth-order valence-corrected chi connectivity index (χ4v) is 3.41. The van der Waals surface area contributed by atoms with Gasteiger partial charge in [-0.1, -0.05) is 11.6 Å². The fraction of sp³-hybridized carbons (Fsp3) is 0.611. The Hall–Kier alpha value is -1.54. The molecule has 0 radical (unpaired) electrons. The van der Waals surface area contributed by atoms with Gasteiger partial charge >= 0.3 is 6.03 Å². The molecule has 0 bridgehead atoms. The number of hydrogen-bond donors (Lipinski definition) is 1. The molecule has 1 aromatic carbocycles. The van der Waals surface area contributed by atoms with Crippen molar-refractivity contribution in [1.82, 2.24) is 9.80 Å². The van der Waals surface area contributed by atoms with Gasteiger partial charge in [0.25, 0.3) is 0 Å². The number of rotatable bonds is 4. The van der Waals surface area contributed by atoms with Crippen LogP contribution in [0.2, 0.25) is 5.02 Å². The first-order valence-electron chi connectivity index (χ1n) is 8.97. The molecule has 0 aliphatic carbocycles. The zero-order chi connectivity index (χ0) is 18.4. The topological polar surface area (TPSA) is 63.3 Å². The second kappa shape index (κ2) is 9.41. The van der Waals surface area contributed by atoms with Gasteiger partial charge in [0.2, 0.25) is 0 Å². The van der Waals surface area contributed by atoms with Crippen LogP contribution in [-0.4, -0.2) is 81.6 Å². The minimum atomic E-state index is -0.164. The zero-order valence-electron chi connectivity index (χ0n) is 15.1. The summed E-state index contributed by atoms with van der Waals surface area (Å²) in [4.78, 5) is 16.9. The molecule has 26 heavy (non-hydrogen) atoms. The lowest BCUT2D eigenvalue weighted by Gasteiger charge is -2.31. The smallest absolute Gasteiger partial charge is 0.322 e. The van der Waals surface area contributed by atoms with Gasteiger partial charge in [-0.15, -0.1) is 0 Å². The molecule has 1 atom stereocenters. The summed E-state index contributed by atoms with van der Waals surface area (Å²) in [6.45, 7) is 6.03. The van der Waals surface area contributed by atoms with Crippen LogP contribution < -0.4 is 10.1 Å². The van der Waals surface area contributed by atoms with Crippen LogP contribution in [0.15, 0.2) is 18.2 Å². The third kappa shape index (κ3) is 5.23. The summed E-state index contributed by atoms with van der Waals surface area (Å²) >= 11 is 6.04. The highest BCUT2D eigenvalue weighted by Gasteiger charge is 2.25. The fourth-order valence-electron chi connectivity index (χ4n) is 3.23. The van der Waals surface area contributed by atoms with Crippen molar-refractivity contribution in [2.45, 2.75) is 12.5 Å². The van der Waals surface area contributed by atoms with Gasteiger partial charge in [-0.3, -0.25) is 4.90 Å². The maximum atomic E-state index is 12.8. The van der Waals surface area contributed by atoms with Crippen LogP contribution in [0.1, 0.15) is 6.42 Å². The number of morpholine rings is 1. The maximum Gasteiger partial charge on any atom is 0.322 e. The van der Waals surface area contributed by atoms with E-state index in [-0.39, 0.29) is 12.1 Å². The van der Waals surface area contributed by atoms with Crippen molar-refractivity contribution in [3.63, 3.8) is 0 Å². The van der Waals surface area contributed by atoms with Crippen molar-refractivity contribution in [3.8, 4) is 5.75 Å². The zero-order valence-corrected chi connectivity index (χ0v) is 15.8. The summed E-state index contributed by atoms with van der Waals surface area (Å²) in [6, 6.07) is 5.00. The molecule has 2 amide bonds. The molecule has 0 unspecified atom stereocenters. The van der Waals surface area contributed by atoms with E-state index in [9.17, 15) is 4.79 Å². The lowest BCUT2D eigenvalue weighted by atomic mass is 10.2. The molecule has 2 fully saturated rings. The van der Waals surface area contributed by atoms with Crippen LogP contribution in [0.4, 0.5) is 10.5 Å². The molecule has 0 aromatic heterocycles. The number of ether oxygens (including phenoxy) is 3. The third-order valence-corrected chi connectivity index (χ3v) is 4.84. The molecule has 2 heterocycles. The van der Waals surface area contributed by atoms with Crippen LogP contribution in [0, 0.1) is 0 Å². The van der Waals surface area contributed by atoms with E-state index in [1.165, 1.54) is 0 Å². The van der Waals surface area contributed by atoms with Crippen LogP contribution in [-0.2, 0) is 9.47 Å². The highest BCUT2D eigenvalue weighted by molar-refractivity contribution is 6.31. The first-order chi connectivity index (χ1) is 12.7. The van der Waals surface area contributed by atoms with Gasteiger partial charge in [0.15, 0.2) is 0 Å². The number of amides is 2. The van der Waals surface area contributed by atoms with Gasteiger partial charge in [0.1, 0.15) is 5.75 Å². The molecule has 144 valence electrons. The normalized spacial score (nSPS) is 21.9. The van der Waals surface area contributed by atoms with E-state index in [1.807, 2.05) is 0 Å². The number of nitrogens with one attached hydrogen (secondary N) is 1. The van der Waals surface area contributed by atoms with E-state index in [2.05, 4.69) is 10.2 Å². The highest BCUT2D eigenvalue weighted by Crippen LogP contribution is 2.28. The summed E-state index contributed by atoms with van der Waals surface area (Å²) in [5, 5.41) is 3.46. The molecule has 2 aliphatic heterocycles. The highest BCUT2D eigenvalue weighted by atomic mass is 35.5. The van der Waals surface area contributed by atoms with Crippen molar-refractivity contribution in [2.24, 2.45) is 0 Å². The molecule has 7 nitrogen and oxygen atoms in total. The molecular formula is C18H26ClN3O4. The lowest BCUT2D eigenvalue weighted by molar-refractivity contribution is -0.00983. The predicted octanol–water partition coefficient (Wildman–Crippen LogP) is 2.30. The lowest BCUT2D eigenvalue weighted by Crippen LogP contribution is -2.46. The van der Waals surface area contributed by atoms with E-state index < -0.39 is 0 Å². The first-order valence-corrected chi connectivity index (χ1v) is 9.34. The van der Waals surface area contributed by atoms with Crippen molar-refractivity contribution < 1.29 is 19.0 Å². The van der Waals surface area contributed by atoms with Gasteiger partial charge in [-0.25, -0.2) is 4.79 Å². The summed E-state index contributed by atoms with van der Waals surface area (Å²) in [5.41, 5.74) is 0.569. The number of halogens is 1. The van der Waals surface area contributed by atoms with Crippen LogP contribution in [0.25, 0.3) is 0 Å². The van der Waals surface area contributed by atoms with Gasteiger partial charge in [0.05, 0.1) is 32.1 Å². The molecule has 0 saturated carbocycles. The van der Waals surface area contributed by atoms with Crippen molar-refractivity contribution in [3.05, 3.63) is 23.2 Å². The Morgan fingerprint density at radius 1 is 1.31 bits per heavy atom. The monoisotopic (exact) mass is 383 g/mol. The number of carbonyl (C=O) groups excluding carboxylic acids is 1. The average molecular weight is 384 g/mol. The summed E-state index contributed by atoms with van der Waals surface area (Å²) < 4.78 is 16.6. The number of carbonyl (C=O) groups is 1. The van der Waals surface area contributed by atoms with Gasteiger partial charge in [-0.2, -0.15) is 0 Å². The van der Waals surface area contributed by atoms with Gasteiger partial charge in [0, 0.05) is 44.4 Å².